The van der Waals surface area contributed by atoms with E-state index in [9.17, 15) is 23.6 Å². The van der Waals surface area contributed by atoms with E-state index >= 15 is 0 Å². The van der Waals surface area contributed by atoms with Crippen LogP contribution in [0.5, 0.6) is 5.75 Å². The van der Waals surface area contributed by atoms with Crippen molar-refractivity contribution in [3.63, 3.8) is 0 Å². The largest absolute Gasteiger partial charge is 0.479 e. The number of ether oxygens (including phenoxy) is 1. The average molecular weight is 387 g/mol. The number of nitro groups is 1. The second-order valence-electron chi connectivity index (χ2n) is 4.29. The van der Waals surface area contributed by atoms with Crippen LogP contribution in [0.3, 0.4) is 0 Å². The Morgan fingerprint density at radius 2 is 2.10 bits per heavy atom. The van der Waals surface area contributed by atoms with Gasteiger partial charge in [0.25, 0.3) is 0 Å². The fourth-order valence-electron chi connectivity index (χ4n) is 1.86. The van der Waals surface area contributed by atoms with Gasteiger partial charge in [0.1, 0.15) is 12.2 Å². The SMILES string of the molecule is O=[N+]([O-])c1cc(Cl)cc(Br)c1OC1CS(=O)(=O)CC1O. The zero-order valence-electron chi connectivity index (χ0n) is 9.82. The van der Waals surface area contributed by atoms with Gasteiger partial charge < -0.3 is 9.84 Å². The molecule has 10 heteroatoms. The fourth-order valence-corrected chi connectivity index (χ4v) is 4.41. The number of nitrogens with zero attached hydrogens (tertiary/aromatic N) is 1. The van der Waals surface area contributed by atoms with Crippen molar-refractivity contribution in [2.45, 2.75) is 12.2 Å². The van der Waals surface area contributed by atoms with Crippen molar-refractivity contribution < 1.29 is 23.2 Å². The Morgan fingerprint density at radius 3 is 2.60 bits per heavy atom. The van der Waals surface area contributed by atoms with Gasteiger partial charge in [-0.15, -0.1) is 0 Å². The van der Waals surface area contributed by atoms with Gasteiger partial charge in [0.15, 0.2) is 9.84 Å². The summed E-state index contributed by atoms with van der Waals surface area (Å²) in [6.45, 7) is 0. The standard InChI is InChI=1S/C10H9BrClNO6S/c11-6-1-5(12)2-7(13(15)16)10(6)19-9-4-20(17,18)3-8(9)14/h1-2,8-9,14H,3-4H2. The molecule has 1 saturated heterocycles. The normalized spacial score (nSPS) is 24.6. The molecule has 0 spiro atoms. The Kier molecular flexibility index (Phi) is 4.24. The van der Waals surface area contributed by atoms with E-state index in [1.54, 1.807) is 0 Å². The van der Waals surface area contributed by atoms with Gasteiger partial charge in [-0.1, -0.05) is 11.6 Å². The molecule has 0 amide bonds. The molecule has 2 unspecified atom stereocenters. The number of rotatable bonds is 3. The molecule has 20 heavy (non-hydrogen) atoms. The van der Waals surface area contributed by atoms with Gasteiger partial charge in [-0.3, -0.25) is 10.1 Å². The fraction of sp³-hybridized carbons (Fsp3) is 0.400. The number of benzene rings is 1. The minimum Gasteiger partial charge on any atom is -0.479 e. The van der Waals surface area contributed by atoms with Crippen LogP contribution in [0.4, 0.5) is 5.69 Å². The summed E-state index contributed by atoms with van der Waals surface area (Å²) in [6.07, 6.45) is -2.27. The number of aliphatic hydroxyl groups excluding tert-OH is 1. The average Bonchev–Trinajstić information content (AvgIpc) is 2.54. The van der Waals surface area contributed by atoms with Gasteiger partial charge >= 0.3 is 5.69 Å². The topological polar surface area (TPSA) is 107 Å². The lowest BCUT2D eigenvalue weighted by atomic mass is 10.2. The van der Waals surface area contributed by atoms with Crippen LogP contribution in [-0.4, -0.2) is 42.2 Å². The number of nitro benzene ring substituents is 1. The van der Waals surface area contributed by atoms with Crippen LogP contribution in [0.15, 0.2) is 16.6 Å². The Hall–Kier alpha value is -0.900. The van der Waals surface area contributed by atoms with E-state index in [0.29, 0.717) is 0 Å². The molecule has 0 aliphatic carbocycles. The van der Waals surface area contributed by atoms with Crippen LogP contribution in [-0.2, 0) is 9.84 Å². The summed E-state index contributed by atoms with van der Waals surface area (Å²) in [5, 5.41) is 20.8. The Bertz CT molecular complexity index is 664. The zero-order valence-corrected chi connectivity index (χ0v) is 13.0. The smallest absolute Gasteiger partial charge is 0.313 e. The lowest BCUT2D eigenvalue weighted by molar-refractivity contribution is -0.386. The van der Waals surface area contributed by atoms with E-state index in [1.807, 2.05) is 0 Å². The third-order valence-corrected chi connectivity index (χ3v) is 5.22. The molecule has 1 fully saturated rings. The van der Waals surface area contributed by atoms with Crippen molar-refractivity contribution in [2.75, 3.05) is 11.5 Å². The minimum atomic E-state index is -3.41. The third-order valence-electron chi connectivity index (χ3n) is 2.73. The van der Waals surface area contributed by atoms with Crippen molar-refractivity contribution in [3.05, 3.63) is 31.7 Å². The summed E-state index contributed by atoms with van der Waals surface area (Å²) < 4.78 is 28.3. The first-order valence-corrected chi connectivity index (χ1v) is 8.37. The van der Waals surface area contributed by atoms with Crippen LogP contribution in [0, 0.1) is 10.1 Å². The molecule has 7 nitrogen and oxygen atoms in total. The molecule has 1 aliphatic heterocycles. The zero-order chi connectivity index (χ0) is 15.1. The highest BCUT2D eigenvalue weighted by molar-refractivity contribution is 9.10. The number of sulfone groups is 1. The quantitative estimate of drug-likeness (QED) is 0.624. The number of halogens is 2. The molecule has 110 valence electrons. The van der Waals surface area contributed by atoms with Crippen molar-refractivity contribution >= 4 is 43.1 Å². The number of aliphatic hydroxyl groups is 1. The highest BCUT2D eigenvalue weighted by Crippen LogP contribution is 2.39. The van der Waals surface area contributed by atoms with Gasteiger partial charge in [0, 0.05) is 11.1 Å². The second kappa shape index (κ2) is 5.47. The van der Waals surface area contributed by atoms with Crippen LogP contribution in [0.2, 0.25) is 5.02 Å². The molecule has 2 atom stereocenters. The molecule has 1 aromatic rings. The van der Waals surface area contributed by atoms with Crippen LogP contribution < -0.4 is 4.74 Å². The van der Waals surface area contributed by atoms with Crippen molar-refractivity contribution in [3.8, 4) is 5.75 Å². The molecule has 0 aromatic heterocycles. The summed E-state index contributed by atoms with van der Waals surface area (Å²) >= 11 is 8.80. The molecule has 1 aliphatic rings. The minimum absolute atomic E-state index is 0.135. The van der Waals surface area contributed by atoms with Gasteiger partial charge in [0.05, 0.1) is 20.9 Å². The summed E-state index contributed by atoms with van der Waals surface area (Å²) in [5.74, 6) is -0.961. The molecule has 0 saturated carbocycles. The maximum absolute atomic E-state index is 11.4. The van der Waals surface area contributed by atoms with Crippen LogP contribution in [0.1, 0.15) is 0 Å². The Balaban J connectivity index is 2.37. The summed E-state index contributed by atoms with van der Waals surface area (Å²) in [6, 6.07) is 2.48. The molecule has 0 radical (unpaired) electrons. The number of hydrogen-bond donors (Lipinski definition) is 1. The maximum atomic E-state index is 11.4. The van der Waals surface area contributed by atoms with Gasteiger partial charge in [-0.25, -0.2) is 8.42 Å². The van der Waals surface area contributed by atoms with Crippen LogP contribution in [0.25, 0.3) is 0 Å². The van der Waals surface area contributed by atoms with Gasteiger partial charge in [-0.05, 0) is 22.0 Å². The molecular formula is C10H9BrClNO6S. The third kappa shape index (κ3) is 3.22. The van der Waals surface area contributed by atoms with Crippen LogP contribution >= 0.6 is 27.5 Å². The predicted octanol–water partition coefficient (Wildman–Crippen LogP) is 1.55. The first kappa shape index (κ1) is 15.5. The van der Waals surface area contributed by atoms with Gasteiger partial charge in [0.2, 0.25) is 5.75 Å². The molecule has 2 rings (SSSR count). The van der Waals surface area contributed by atoms with E-state index in [0.717, 1.165) is 6.07 Å². The van der Waals surface area contributed by atoms with E-state index < -0.39 is 38.4 Å². The van der Waals surface area contributed by atoms with Crippen molar-refractivity contribution in [1.82, 2.24) is 0 Å². The predicted molar refractivity (Wildman–Crippen MR) is 74.9 cm³/mol. The van der Waals surface area contributed by atoms with E-state index in [-0.39, 0.29) is 21.0 Å². The molecular weight excluding hydrogens is 378 g/mol. The second-order valence-corrected chi connectivity index (χ2v) is 7.74. The number of hydrogen-bond acceptors (Lipinski definition) is 6. The first-order chi connectivity index (χ1) is 9.19. The molecule has 1 heterocycles. The lowest BCUT2D eigenvalue weighted by Crippen LogP contribution is -2.30. The van der Waals surface area contributed by atoms with E-state index in [2.05, 4.69) is 15.9 Å². The monoisotopic (exact) mass is 385 g/mol. The Labute approximate surface area is 127 Å². The molecule has 1 aromatic carbocycles. The summed E-state index contributed by atoms with van der Waals surface area (Å²) in [5.41, 5.74) is -0.402. The van der Waals surface area contributed by atoms with Gasteiger partial charge in [-0.2, -0.15) is 0 Å². The van der Waals surface area contributed by atoms with E-state index in [1.165, 1.54) is 6.07 Å². The van der Waals surface area contributed by atoms with Crippen molar-refractivity contribution in [2.24, 2.45) is 0 Å². The first-order valence-electron chi connectivity index (χ1n) is 5.38. The highest BCUT2D eigenvalue weighted by Gasteiger charge is 2.39. The van der Waals surface area contributed by atoms with E-state index in [4.69, 9.17) is 16.3 Å². The maximum Gasteiger partial charge on any atom is 0.313 e. The molecule has 1 N–H and O–H groups in total. The van der Waals surface area contributed by atoms with Crippen molar-refractivity contribution in [1.29, 1.82) is 0 Å². The highest BCUT2D eigenvalue weighted by atomic mass is 79.9. The molecule has 0 bridgehead atoms. The summed E-state index contributed by atoms with van der Waals surface area (Å²) in [4.78, 5) is 10.3. The lowest BCUT2D eigenvalue weighted by Gasteiger charge is -2.16. The summed E-state index contributed by atoms with van der Waals surface area (Å²) in [7, 11) is -3.41. The Morgan fingerprint density at radius 1 is 1.45 bits per heavy atom.